The molecule has 0 saturated heterocycles. The monoisotopic (exact) mass is 403 g/mol. The molecule has 0 aromatic heterocycles. The Hall–Kier alpha value is -3.80. The van der Waals surface area contributed by atoms with Crippen LogP contribution in [0, 0.1) is 13.8 Å². The first-order valence-electron chi connectivity index (χ1n) is 9.65. The Morgan fingerprint density at radius 2 is 1.63 bits per heavy atom. The Balaban J connectivity index is 1.77. The third-order valence-corrected chi connectivity index (χ3v) is 4.79. The average Bonchev–Trinajstić information content (AvgIpc) is 2.76. The van der Waals surface area contributed by atoms with Crippen molar-refractivity contribution in [1.29, 1.82) is 0 Å². The molecule has 3 N–H and O–H groups in total. The number of likely N-dealkylation sites (N-methyl/N-ethyl adjacent to an activating group) is 1. The van der Waals surface area contributed by atoms with Crippen molar-refractivity contribution in [3.8, 4) is 5.75 Å². The summed E-state index contributed by atoms with van der Waals surface area (Å²) in [4.78, 5) is 24.3. The number of amides is 2. The van der Waals surface area contributed by atoms with Crippen LogP contribution in [0.4, 0.5) is 17.1 Å². The van der Waals surface area contributed by atoms with Crippen LogP contribution in [0.5, 0.6) is 5.75 Å². The first-order chi connectivity index (χ1) is 14.5. The molecule has 30 heavy (non-hydrogen) atoms. The molecule has 0 radical (unpaired) electrons. The highest BCUT2D eigenvalue weighted by Gasteiger charge is 2.13. The highest BCUT2D eigenvalue weighted by Crippen LogP contribution is 2.26. The SMILES string of the molecule is CNC(=O)COc1cccc(NC(=O)c2ccccc2Nc2cccc(C)c2C)c1. The minimum atomic E-state index is -0.244. The van der Waals surface area contributed by atoms with E-state index < -0.39 is 0 Å². The maximum atomic E-state index is 12.9. The number of nitrogens with one attached hydrogen (secondary N) is 3. The topological polar surface area (TPSA) is 79.5 Å². The van der Waals surface area contributed by atoms with E-state index in [-0.39, 0.29) is 18.4 Å². The molecule has 0 aliphatic carbocycles. The predicted molar refractivity (Wildman–Crippen MR) is 120 cm³/mol. The van der Waals surface area contributed by atoms with E-state index in [0.29, 0.717) is 17.0 Å². The van der Waals surface area contributed by atoms with Gasteiger partial charge in [0.25, 0.3) is 11.8 Å². The normalized spacial score (nSPS) is 10.2. The van der Waals surface area contributed by atoms with Crippen molar-refractivity contribution in [2.24, 2.45) is 0 Å². The minimum absolute atomic E-state index is 0.0868. The maximum Gasteiger partial charge on any atom is 0.257 e. The third kappa shape index (κ3) is 5.17. The molecule has 0 aliphatic rings. The summed E-state index contributed by atoms with van der Waals surface area (Å²) >= 11 is 0. The zero-order valence-electron chi connectivity index (χ0n) is 17.3. The van der Waals surface area contributed by atoms with E-state index >= 15 is 0 Å². The van der Waals surface area contributed by atoms with Crippen molar-refractivity contribution in [3.63, 3.8) is 0 Å². The van der Waals surface area contributed by atoms with Gasteiger partial charge in [0.15, 0.2) is 6.61 Å². The fourth-order valence-corrected chi connectivity index (χ4v) is 2.90. The minimum Gasteiger partial charge on any atom is -0.484 e. The van der Waals surface area contributed by atoms with E-state index in [1.807, 2.05) is 37.3 Å². The van der Waals surface area contributed by atoms with Crippen LogP contribution in [0.1, 0.15) is 21.5 Å². The Morgan fingerprint density at radius 3 is 2.43 bits per heavy atom. The lowest BCUT2D eigenvalue weighted by molar-refractivity contribution is -0.122. The Morgan fingerprint density at radius 1 is 0.900 bits per heavy atom. The average molecular weight is 403 g/mol. The van der Waals surface area contributed by atoms with Crippen LogP contribution in [0.3, 0.4) is 0 Å². The van der Waals surface area contributed by atoms with Gasteiger partial charge in [-0.15, -0.1) is 0 Å². The molecule has 0 unspecified atom stereocenters. The molecule has 3 rings (SSSR count). The summed E-state index contributed by atoms with van der Waals surface area (Å²) in [5, 5.41) is 8.76. The van der Waals surface area contributed by atoms with Gasteiger partial charge in [-0.3, -0.25) is 9.59 Å². The summed E-state index contributed by atoms with van der Waals surface area (Å²) in [5.41, 5.74) is 5.09. The second kappa shape index (κ2) is 9.60. The van der Waals surface area contributed by atoms with E-state index in [9.17, 15) is 9.59 Å². The first kappa shape index (κ1) is 20.9. The fourth-order valence-electron chi connectivity index (χ4n) is 2.90. The molecule has 2 amide bonds. The smallest absolute Gasteiger partial charge is 0.257 e. The molecule has 3 aromatic carbocycles. The predicted octanol–water partition coefficient (Wildman–Crippen LogP) is 4.42. The Bertz CT molecular complexity index is 1060. The molecule has 0 atom stereocenters. The molecule has 0 bridgehead atoms. The summed E-state index contributed by atoms with van der Waals surface area (Å²) in [6.07, 6.45) is 0. The van der Waals surface area contributed by atoms with E-state index in [0.717, 1.165) is 16.9 Å². The maximum absolute atomic E-state index is 12.9. The van der Waals surface area contributed by atoms with Crippen molar-refractivity contribution in [3.05, 3.63) is 83.4 Å². The summed E-state index contributed by atoms with van der Waals surface area (Å²) in [6, 6.07) is 20.3. The summed E-state index contributed by atoms with van der Waals surface area (Å²) < 4.78 is 5.44. The van der Waals surface area contributed by atoms with Crippen molar-refractivity contribution in [1.82, 2.24) is 5.32 Å². The third-order valence-electron chi connectivity index (χ3n) is 4.79. The number of aryl methyl sites for hydroxylation is 1. The van der Waals surface area contributed by atoms with Gasteiger partial charge in [-0.25, -0.2) is 0 Å². The largest absolute Gasteiger partial charge is 0.484 e. The van der Waals surface area contributed by atoms with Crippen LogP contribution in [0.2, 0.25) is 0 Å². The number of para-hydroxylation sites is 1. The van der Waals surface area contributed by atoms with E-state index in [4.69, 9.17) is 4.74 Å². The number of ether oxygens (including phenoxy) is 1. The van der Waals surface area contributed by atoms with Gasteiger partial charge in [0.2, 0.25) is 0 Å². The summed E-state index contributed by atoms with van der Waals surface area (Å²) in [6.45, 7) is 4.01. The molecule has 154 valence electrons. The van der Waals surface area contributed by atoms with E-state index in [1.165, 1.54) is 5.56 Å². The number of carbonyl (C=O) groups is 2. The first-order valence-corrected chi connectivity index (χ1v) is 9.65. The van der Waals surface area contributed by atoms with Crippen LogP contribution in [0.25, 0.3) is 0 Å². The number of anilines is 3. The van der Waals surface area contributed by atoms with Crippen LogP contribution in [-0.4, -0.2) is 25.5 Å². The van der Waals surface area contributed by atoms with E-state index in [2.05, 4.69) is 28.9 Å². The number of benzene rings is 3. The van der Waals surface area contributed by atoms with Gasteiger partial charge in [0.05, 0.1) is 11.3 Å². The van der Waals surface area contributed by atoms with E-state index in [1.54, 1.807) is 37.4 Å². The molecule has 6 heteroatoms. The van der Waals surface area contributed by atoms with Crippen molar-refractivity contribution in [2.45, 2.75) is 13.8 Å². The molecule has 0 spiro atoms. The molecule has 0 fully saturated rings. The summed E-state index contributed by atoms with van der Waals surface area (Å²) in [7, 11) is 1.55. The molecule has 6 nitrogen and oxygen atoms in total. The Kier molecular flexibility index (Phi) is 6.70. The molecular weight excluding hydrogens is 378 g/mol. The number of hydrogen-bond donors (Lipinski definition) is 3. The fraction of sp³-hybridized carbons (Fsp3) is 0.167. The zero-order chi connectivity index (χ0) is 21.5. The van der Waals surface area contributed by atoms with Gasteiger partial charge >= 0.3 is 0 Å². The summed E-state index contributed by atoms with van der Waals surface area (Å²) in [5.74, 6) is 0.0286. The van der Waals surface area contributed by atoms with Crippen LogP contribution in [-0.2, 0) is 4.79 Å². The number of rotatable bonds is 7. The van der Waals surface area contributed by atoms with Crippen molar-refractivity contribution < 1.29 is 14.3 Å². The lowest BCUT2D eigenvalue weighted by Crippen LogP contribution is -2.24. The van der Waals surface area contributed by atoms with Crippen LogP contribution < -0.4 is 20.7 Å². The van der Waals surface area contributed by atoms with Gasteiger partial charge in [-0.05, 0) is 55.3 Å². The standard InChI is InChI=1S/C24H25N3O3/c1-16-8-6-13-21(17(16)2)27-22-12-5-4-11-20(22)24(29)26-18-9-7-10-19(14-18)30-15-23(28)25-3/h4-14,27H,15H2,1-3H3,(H,25,28)(H,26,29). The van der Waals surface area contributed by atoms with Crippen molar-refractivity contribution in [2.75, 3.05) is 24.3 Å². The molecule has 0 heterocycles. The second-order valence-corrected chi connectivity index (χ2v) is 6.86. The lowest BCUT2D eigenvalue weighted by Gasteiger charge is -2.15. The van der Waals surface area contributed by atoms with Gasteiger partial charge < -0.3 is 20.7 Å². The highest BCUT2D eigenvalue weighted by atomic mass is 16.5. The van der Waals surface area contributed by atoms with Gasteiger partial charge in [-0.1, -0.05) is 30.3 Å². The van der Waals surface area contributed by atoms with Crippen molar-refractivity contribution >= 4 is 28.9 Å². The Labute approximate surface area is 176 Å². The quantitative estimate of drug-likeness (QED) is 0.545. The van der Waals surface area contributed by atoms with Gasteiger partial charge in [0.1, 0.15) is 5.75 Å². The van der Waals surface area contributed by atoms with Gasteiger partial charge in [-0.2, -0.15) is 0 Å². The lowest BCUT2D eigenvalue weighted by atomic mass is 10.1. The molecule has 0 saturated carbocycles. The highest BCUT2D eigenvalue weighted by molar-refractivity contribution is 6.08. The molecular formula is C24H25N3O3. The second-order valence-electron chi connectivity index (χ2n) is 6.86. The zero-order valence-corrected chi connectivity index (χ0v) is 17.3. The molecule has 0 aliphatic heterocycles. The molecule has 3 aromatic rings. The number of carbonyl (C=O) groups excluding carboxylic acids is 2. The van der Waals surface area contributed by atoms with Crippen LogP contribution in [0.15, 0.2) is 66.7 Å². The van der Waals surface area contributed by atoms with Crippen LogP contribution >= 0.6 is 0 Å². The number of hydrogen-bond acceptors (Lipinski definition) is 4. The van der Waals surface area contributed by atoms with Gasteiger partial charge in [0, 0.05) is 24.5 Å².